The third-order valence-electron chi connectivity index (χ3n) is 5.68. The molecule has 5 heteroatoms. The number of hydrogen-bond donors (Lipinski definition) is 1. The average Bonchev–Trinajstić information content (AvgIpc) is 3.09. The van der Waals surface area contributed by atoms with E-state index in [1.54, 1.807) is 0 Å². The van der Waals surface area contributed by atoms with E-state index in [0.717, 1.165) is 23.8 Å². The molecule has 2 aliphatic carbocycles. The Bertz CT molecular complexity index is 633. The van der Waals surface area contributed by atoms with Gasteiger partial charge in [0.15, 0.2) is 11.5 Å². The van der Waals surface area contributed by atoms with E-state index in [1.807, 2.05) is 12.1 Å². The van der Waals surface area contributed by atoms with E-state index in [0.29, 0.717) is 48.6 Å². The highest BCUT2D eigenvalue weighted by Gasteiger charge is 2.40. The van der Waals surface area contributed by atoms with Crippen LogP contribution in [0.1, 0.15) is 44.1 Å². The van der Waals surface area contributed by atoms with Gasteiger partial charge in [0.1, 0.15) is 0 Å². The van der Waals surface area contributed by atoms with Crippen molar-refractivity contribution >= 4 is 17.5 Å². The summed E-state index contributed by atoms with van der Waals surface area (Å²) >= 11 is 6.30. The Kier molecular flexibility index (Phi) is 4.57. The van der Waals surface area contributed by atoms with Crippen molar-refractivity contribution in [1.29, 1.82) is 0 Å². The Hall–Kier alpha value is -1.42. The fourth-order valence-corrected chi connectivity index (χ4v) is 4.81. The van der Waals surface area contributed by atoms with Crippen molar-refractivity contribution in [2.45, 2.75) is 45.1 Å². The lowest BCUT2D eigenvalue weighted by molar-refractivity contribution is -0.122. The molecule has 3 aliphatic rings. The van der Waals surface area contributed by atoms with Crippen molar-refractivity contribution < 1.29 is 14.3 Å². The number of halogens is 1. The number of carbonyl (C=O) groups excluding carboxylic acids is 1. The number of benzene rings is 1. The maximum absolute atomic E-state index is 12.3. The van der Waals surface area contributed by atoms with Crippen LogP contribution >= 0.6 is 11.6 Å². The summed E-state index contributed by atoms with van der Waals surface area (Å²) in [5.41, 5.74) is 0.950. The second kappa shape index (κ2) is 6.83. The van der Waals surface area contributed by atoms with E-state index < -0.39 is 0 Å². The number of hydrogen-bond acceptors (Lipinski definition) is 3. The van der Waals surface area contributed by atoms with Crippen LogP contribution in [0.25, 0.3) is 0 Å². The molecule has 2 bridgehead atoms. The van der Waals surface area contributed by atoms with Crippen molar-refractivity contribution in [2.24, 2.45) is 17.8 Å². The third kappa shape index (κ3) is 3.34. The van der Waals surface area contributed by atoms with E-state index in [1.165, 1.54) is 25.7 Å². The molecule has 4 nitrogen and oxygen atoms in total. The molecule has 0 unspecified atom stereocenters. The Labute approximate surface area is 147 Å². The minimum absolute atomic E-state index is 0.149. The number of ether oxygens (including phenoxy) is 2. The molecule has 0 radical (unpaired) electrons. The lowest BCUT2D eigenvalue weighted by atomic mass is 9.86. The zero-order valence-electron chi connectivity index (χ0n) is 13.9. The molecule has 2 fully saturated rings. The smallest absolute Gasteiger partial charge is 0.220 e. The summed E-state index contributed by atoms with van der Waals surface area (Å²) in [5.74, 6) is 3.71. The van der Waals surface area contributed by atoms with Gasteiger partial charge in [0, 0.05) is 19.4 Å². The van der Waals surface area contributed by atoms with E-state index >= 15 is 0 Å². The molecule has 2 saturated carbocycles. The van der Waals surface area contributed by atoms with Crippen molar-refractivity contribution in [3.05, 3.63) is 22.7 Å². The maximum Gasteiger partial charge on any atom is 0.220 e. The lowest BCUT2D eigenvalue weighted by Gasteiger charge is -2.21. The second-order valence-electron chi connectivity index (χ2n) is 7.37. The molecule has 0 saturated heterocycles. The van der Waals surface area contributed by atoms with Gasteiger partial charge in [0.25, 0.3) is 0 Å². The molecule has 4 rings (SSSR count). The average molecular weight is 350 g/mol. The van der Waals surface area contributed by atoms with Crippen LogP contribution in [0, 0.1) is 17.8 Å². The van der Waals surface area contributed by atoms with Crippen LogP contribution in [0.3, 0.4) is 0 Å². The summed E-state index contributed by atoms with van der Waals surface area (Å²) in [7, 11) is 0. The zero-order chi connectivity index (χ0) is 16.5. The Morgan fingerprint density at radius 3 is 2.88 bits per heavy atom. The summed E-state index contributed by atoms with van der Waals surface area (Å²) in [5, 5.41) is 3.59. The standard InChI is InChI=1S/C19H24ClNO3/c20-16-8-13(9-17-19(16)24-5-1-4-23-17)11-21-18(22)10-15-7-12-2-3-14(15)6-12/h8-9,12,14-15H,1-7,10-11H2,(H,21,22)/t12-,14+,15+/m0/s1. The molecule has 0 aromatic heterocycles. The Morgan fingerprint density at radius 1 is 1.21 bits per heavy atom. The number of carbonyl (C=O) groups is 1. The largest absolute Gasteiger partial charge is 0.489 e. The van der Waals surface area contributed by atoms with Gasteiger partial charge < -0.3 is 14.8 Å². The summed E-state index contributed by atoms with van der Waals surface area (Å²) in [6, 6.07) is 3.78. The fraction of sp³-hybridized carbons (Fsp3) is 0.632. The predicted molar refractivity (Wildman–Crippen MR) is 92.5 cm³/mol. The Balaban J connectivity index is 1.34. The lowest BCUT2D eigenvalue weighted by Crippen LogP contribution is -2.26. The molecule has 1 aromatic carbocycles. The first-order valence-corrected chi connectivity index (χ1v) is 9.41. The van der Waals surface area contributed by atoms with Crippen LogP contribution in [0.2, 0.25) is 5.02 Å². The number of fused-ring (bicyclic) bond motifs is 3. The van der Waals surface area contributed by atoms with Crippen LogP contribution < -0.4 is 14.8 Å². The maximum atomic E-state index is 12.3. The van der Waals surface area contributed by atoms with Gasteiger partial charge in [-0.1, -0.05) is 18.0 Å². The fourth-order valence-electron chi connectivity index (χ4n) is 4.52. The third-order valence-corrected chi connectivity index (χ3v) is 5.96. The summed E-state index contributed by atoms with van der Waals surface area (Å²) in [4.78, 5) is 12.3. The number of nitrogens with one attached hydrogen (secondary N) is 1. The van der Waals surface area contributed by atoms with Gasteiger partial charge in [0.2, 0.25) is 5.91 Å². The molecule has 0 spiro atoms. The first-order valence-electron chi connectivity index (χ1n) is 9.04. The van der Waals surface area contributed by atoms with Crippen molar-refractivity contribution in [3.8, 4) is 11.5 Å². The zero-order valence-corrected chi connectivity index (χ0v) is 14.6. The highest BCUT2D eigenvalue weighted by atomic mass is 35.5. The molecular weight excluding hydrogens is 326 g/mol. The predicted octanol–water partition coefficient (Wildman–Crippen LogP) is 3.94. The minimum atomic E-state index is 0.149. The highest BCUT2D eigenvalue weighted by molar-refractivity contribution is 6.32. The van der Waals surface area contributed by atoms with E-state index in [9.17, 15) is 4.79 Å². The van der Waals surface area contributed by atoms with Crippen LogP contribution in [0.5, 0.6) is 11.5 Å². The molecule has 1 aromatic rings. The van der Waals surface area contributed by atoms with Gasteiger partial charge in [-0.15, -0.1) is 0 Å². The van der Waals surface area contributed by atoms with Gasteiger partial charge in [-0.25, -0.2) is 0 Å². The van der Waals surface area contributed by atoms with E-state index in [4.69, 9.17) is 21.1 Å². The van der Waals surface area contributed by atoms with Gasteiger partial charge in [-0.2, -0.15) is 0 Å². The summed E-state index contributed by atoms with van der Waals surface area (Å²) in [6.45, 7) is 1.73. The van der Waals surface area contributed by atoms with Crippen molar-refractivity contribution in [3.63, 3.8) is 0 Å². The van der Waals surface area contributed by atoms with Crippen LogP contribution in [0.15, 0.2) is 12.1 Å². The summed E-state index contributed by atoms with van der Waals surface area (Å²) in [6.07, 6.45) is 6.79. The second-order valence-corrected chi connectivity index (χ2v) is 7.78. The first kappa shape index (κ1) is 16.1. The minimum Gasteiger partial charge on any atom is -0.489 e. The normalized spacial score (nSPS) is 27.8. The topological polar surface area (TPSA) is 47.6 Å². The van der Waals surface area contributed by atoms with Crippen LogP contribution in [-0.4, -0.2) is 19.1 Å². The van der Waals surface area contributed by atoms with E-state index in [2.05, 4.69) is 5.32 Å². The number of rotatable bonds is 4. The summed E-state index contributed by atoms with van der Waals surface area (Å²) < 4.78 is 11.3. The van der Waals surface area contributed by atoms with Gasteiger partial charge in [-0.05, 0) is 54.7 Å². The molecule has 130 valence electrons. The molecule has 24 heavy (non-hydrogen) atoms. The first-order chi connectivity index (χ1) is 11.7. The quantitative estimate of drug-likeness (QED) is 0.895. The van der Waals surface area contributed by atoms with Crippen LogP contribution in [0.4, 0.5) is 0 Å². The molecule has 3 atom stereocenters. The molecule has 1 amide bonds. The highest BCUT2D eigenvalue weighted by Crippen LogP contribution is 2.49. The molecule has 1 heterocycles. The molecular formula is C19H24ClNO3. The Morgan fingerprint density at radius 2 is 2.08 bits per heavy atom. The monoisotopic (exact) mass is 349 g/mol. The number of amides is 1. The van der Waals surface area contributed by atoms with Gasteiger partial charge >= 0.3 is 0 Å². The van der Waals surface area contributed by atoms with Crippen molar-refractivity contribution in [1.82, 2.24) is 5.32 Å². The van der Waals surface area contributed by atoms with Gasteiger partial charge in [0.05, 0.1) is 18.2 Å². The van der Waals surface area contributed by atoms with E-state index in [-0.39, 0.29) is 5.91 Å². The van der Waals surface area contributed by atoms with Crippen LogP contribution in [-0.2, 0) is 11.3 Å². The SMILES string of the molecule is O=C(C[C@H]1C[C@H]2CC[C@@H]1C2)NCc1cc(Cl)c2c(c1)OCCCO2. The van der Waals surface area contributed by atoms with Crippen molar-refractivity contribution in [2.75, 3.05) is 13.2 Å². The molecule has 1 N–H and O–H groups in total. The van der Waals surface area contributed by atoms with Gasteiger partial charge in [-0.3, -0.25) is 4.79 Å². The molecule has 1 aliphatic heterocycles.